The number of esters is 1. The number of methoxy groups -OCH3 is 1. The molecule has 1 heterocycles. The molecule has 0 amide bonds. The van der Waals surface area contributed by atoms with Gasteiger partial charge in [-0.15, -0.1) is 0 Å². The molecule has 110 valence electrons. The molecule has 0 aliphatic heterocycles. The summed E-state index contributed by atoms with van der Waals surface area (Å²) in [6.07, 6.45) is 1.35. The second-order valence-corrected chi connectivity index (χ2v) is 4.47. The van der Waals surface area contributed by atoms with E-state index in [9.17, 15) is 18.4 Å². The highest BCUT2D eigenvalue weighted by Gasteiger charge is 2.09. The maximum absolute atomic E-state index is 14.0. The smallest absolute Gasteiger partial charge is 0.309 e. The minimum atomic E-state index is -0.889. The van der Waals surface area contributed by atoms with Crippen LogP contribution in [0.2, 0.25) is 0 Å². The Morgan fingerprint density at radius 1 is 1.24 bits per heavy atom. The van der Waals surface area contributed by atoms with Crippen LogP contribution in [0.3, 0.4) is 0 Å². The Morgan fingerprint density at radius 2 is 2.00 bits per heavy atom. The first-order valence-electron chi connectivity index (χ1n) is 6.20. The van der Waals surface area contributed by atoms with Gasteiger partial charge in [-0.3, -0.25) is 9.59 Å². The maximum Gasteiger partial charge on any atom is 0.309 e. The lowest BCUT2D eigenvalue weighted by Gasteiger charge is -2.08. The van der Waals surface area contributed by atoms with E-state index in [-0.39, 0.29) is 18.5 Å². The molecule has 21 heavy (non-hydrogen) atoms. The molecule has 0 unspecified atom stereocenters. The first kappa shape index (κ1) is 14.9. The summed E-state index contributed by atoms with van der Waals surface area (Å²) in [4.78, 5) is 22.7. The van der Waals surface area contributed by atoms with Crippen molar-refractivity contribution in [3.8, 4) is 0 Å². The van der Waals surface area contributed by atoms with E-state index in [2.05, 4.69) is 4.74 Å². The SMILES string of the molecule is COC(=O)Cc1ccc(Cn2cccc(F)c2=O)c(F)c1. The van der Waals surface area contributed by atoms with E-state index in [0.29, 0.717) is 5.56 Å². The van der Waals surface area contributed by atoms with Crippen LogP contribution in [0.5, 0.6) is 0 Å². The Balaban J connectivity index is 2.23. The summed E-state index contributed by atoms with van der Waals surface area (Å²) in [6, 6.07) is 6.66. The molecule has 0 spiro atoms. The van der Waals surface area contributed by atoms with Crippen molar-refractivity contribution in [1.82, 2.24) is 4.57 Å². The number of carbonyl (C=O) groups is 1. The molecule has 1 aromatic carbocycles. The lowest BCUT2D eigenvalue weighted by Crippen LogP contribution is -2.22. The van der Waals surface area contributed by atoms with Crippen molar-refractivity contribution in [2.24, 2.45) is 0 Å². The van der Waals surface area contributed by atoms with Crippen LogP contribution < -0.4 is 5.56 Å². The quantitative estimate of drug-likeness (QED) is 0.809. The molecule has 0 aliphatic carbocycles. The highest BCUT2D eigenvalue weighted by molar-refractivity contribution is 5.72. The van der Waals surface area contributed by atoms with Crippen molar-refractivity contribution >= 4 is 5.97 Å². The molecule has 0 saturated heterocycles. The fourth-order valence-electron chi connectivity index (χ4n) is 1.88. The van der Waals surface area contributed by atoms with E-state index in [1.807, 2.05) is 0 Å². The van der Waals surface area contributed by atoms with Gasteiger partial charge in [0.15, 0.2) is 5.82 Å². The Kier molecular flexibility index (Phi) is 4.47. The van der Waals surface area contributed by atoms with Crippen LogP contribution in [0, 0.1) is 11.6 Å². The molecule has 2 rings (SSSR count). The van der Waals surface area contributed by atoms with Gasteiger partial charge in [-0.25, -0.2) is 8.78 Å². The van der Waals surface area contributed by atoms with Crippen molar-refractivity contribution in [2.45, 2.75) is 13.0 Å². The second-order valence-electron chi connectivity index (χ2n) is 4.47. The van der Waals surface area contributed by atoms with Gasteiger partial charge in [-0.2, -0.15) is 0 Å². The first-order valence-corrected chi connectivity index (χ1v) is 6.20. The normalized spacial score (nSPS) is 10.4. The van der Waals surface area contributed by atoms with E-state index in [4.69, 9.17) is 0 Å². The Hall–Kier alpha value is -2.50. The largest absolute Gasteiger partial charge is 0.469 e. The third-order valence-electron chi connectivity index (χ3n) is 3.01. The van der Waals surface area contributed by atoms with Gasteiger partial charge in [0.2, 0.25) is 0 Å². The Labute approximate surface area is 119 Å². The van der Waals surface area contributed by atoms with Gasteiger partial charge in [0, 0.05) is 11.8 Å². The zero-order valence-electron chi connectivity index (χ0n) is 11.3. The molecule has 0 fully saturated rings. The minimum absolute atomic E-state index is 0.0341. The zero-order chi connectivity index (χ0) is 15.4. The molecular formula is C15H13F2NO3. The van der Waals surface area contributed by atoms with Crippen molar-refractivity contribution in [3.05, 3.63) is 69.6 Å². The molecule has 4 nitrogen and oxygen atoms in total. The van der Waals surface area contributed by atoms with E-state index in [1.165, 1.54) is 31.5 Å². The predicted molar refractivity (Wildman–Crippen MR) is 71.9 cm³/mol. The fraction of sp³-hybridized carbons (Fsp3) is 0.200. The summed E-state index contributed by atoms with van der Waals surface area (Å²) in [5.74, 6) is -1.92. The predicted octanol–water partition coefficient (Wildman–Crippen LogP) is 1.89. The number of rotatable bonds is 4. The van der Waals surface area contributed by atoms with Crippen LogP contribution in [-0.4, -0.2) is 17.6 Å². The highest BCUT2D eigenvalue weighted by atomic mass is 19.1. The standard InChI is InChI=1S/C15H13F2NO3/c1-21-14(19)8-10-4-5-11(13(17)7-10)9-18-6-2-3-12(16)15(18)20/h2-7H,8-9H2,1H3. The Morgan fingerprint density at radius 3 is 2.67 bits per heavy atom. The number of hydrogen-bond acceptors (Lipinski definition) is 3. The number of pyridine rings is 1. The molecular weight excluding hydrogens is 280 g/mol. The third kappa shape index (κ3) is 3.53. The summed E-state index contributed by atoms with van der Waals surface area (Å²) < 4.78 is 32.7. The van der Waals surface area contributed by atoms with Gasteiger partial charge >= 0.3 is 5.97 Å². The molecule has 0 aliphatic rings. The van der Waals surface area contributed by atoms with Gasteiger partial charge < -0.3 is 9.30 Å². The van der Waals surface area contributed by atoms with Crippen LogP contribution in [0.15, 0.2) is 41.3 Å². The van der Waals surface area contributed by atoms with E-state index in [1.54, 1.807) is 6.07 Å². The van der Waals surface area contributed by atoms with Crippen molar-refractivity contribution < 1.29 is 18.3 Å². The molecule has 0 atom stereocenters. The number of hydrogen-bond donors (Lipinski definition) is 0. The van der Waals surface area contributed by atoms with Gasteiger partial charge in [-0.05, 0) is 23.8 Å². The number of halogens is 2. The highest BCUT2D eigenvalue weighted by Crippen LogP contribution is 2.12. The van der Waals surface area contributed by atoms with E-state index >= 15 is 0 Å². The molecule has 6 heteroatoms. The minimum Gasteiger partial charge on any atom is -0.469 e. The maximum atomic E-state index is 14.0. The summed E-state index contributed by atoms with van der Waals surface area (Å²) in [7, 11) is 1.25. The average Bonchev–Trinajstić information content (AvgIpc) is 2.46. The molecule has 0 bridgehead atoms. The summed E-state index contributed by atoms with van der Waals surface area (Å²) in [6.45, 7) is -0.0824. The fourth-order valence-corrected chi connectivity index (χ4v) is 1.88. The zero-order valence-corrected chi connectivity index (χ0v) is 11.3. The number of benzene rings is 1. The monoisotopic (exact) mass is 293 g/mol. The van der Waals surface area contributed by atoms with E-state index in [0.717, 1.165) is 10.6 Å². The third-order valence-corrected chi connectivity index (χ3v) is 3.01. The van der Waals surface area contributed by atoms with Gasteiger partial charge in [-0.1, -0.05) is 12.1 Å². The number of carbonyl (C=O) groups excluding carboxylic acids is 1. The molecule has 0 N–H and O–H groups in total. The molecule has 0 saturated carbocycles. The summed E-state index contributed by atoms with van der Waals surface area (Å²) in [5, 5.41) is 0. The molecule has 2 aromatic rings. The van der Waals surface area contributed by atoms with Crippen LogP contribution >= 0.6 is 0 Å². The van der Waals surface area contributed by atoms with Crippen molar-refractivity contribution in [3.63, 3.8) is 0 Å². The molecule has 1 aromatic heterocycles. The first-order chi connectivity index (χ1) is 10.0. The van der Waals surface area contributed by atoms with Crippen LogP contribution in [0.4, 0.5) is 8.78 Å². The van der Waals surface area contributed by atoms with E-state index < -0.39 is 23.2 Å². The lowest BCUT2D eigenvalue weighted by atomic mass is 10.1. The molecule has 0 radical (unpaired) electrons. The van der Waals surface area contributed by atoms with Gasteiger partial charge in [0.05, 0.1) is 20.1 Å². The Bertz CT molecular complexity index is 725. The number of ether oxygens (including phenoxy) is 1. The summed E-state index contributed by atoms with van der Waals surface area (Å²) in [5.41, 5.74) is -0.110. The van der Waals surface area contributed by atoms with Crippen LogP contribution in [0.25, 0.3) is 0 Å². The topological polar surface area (TPSA) is 48.3 Å². The lowest BCUT2D eigenvalue weighted by molar-refractivity contribution is -0.139. The van der Waals surface area contributed by atoms with Gasteiger partial charge in [0.25, 0.3) is 5.56 Å². The van der Waals surface area contributed by atoms with Crippen molar-refractivity contribution in [1.29, 1.82) is 0 Å². The van der Waals surface area contributed by atoms with Gasteiger partial charge in [0.1, 0.15) is 5.82 Å². The number of nitrogens with zero attached hydrogens (tertiary/aromatic N) is 1. The summed E-state index contributed by atoms with van der Waals surface area (Å²) >= 11 is 0. The van der Waals surface area contributed by atoms with Crippen LogP contribution in [-0.2, 0) is 22.5 Å². The average molecular weight is 293 g/mol. The number of aromatic nitrogens is 1. The van der Waals surface area contributed by atoms with Crippen LogP contribution in [0.1, 0.15) is 11.1 Å². The second kappa shape index (κ2) is 6.30. The van der Waals surface area contributed by atoms with Crippen molar-refractivity contribution in [2.75, 3.05) is 7.11 Å².